The fraction of sp³-hybridized carbons (Fsp3) is 0.889. The number of hydrogen-bond acceptors (Lipinski definition) is 7. The van der Waals surface area contributed by atoms with E-state index in [4.69, 9.17) is 1.37 Å². The fourth-order valence-electron chi connectivity index (χ4n) is 8.06. The highest BCUT2D eigenvalue weighted by Gasteiger charge is 2.69. The third-order valence-corrected chi connectivity index (χ3v) is 10.3. The maximum absolute atomic E-state index is 13.4. The lowest BCUT2D eigenvalue weighted by Crippen LogP contribution is -2.64. The van der Waals surface area contributed by atoms with E-state index in [1.54, 1.807) is 27.7 Å². The van der Waals surface area contributed by atoms with E-state index in [2.05, 4.69) is 0 Å². The van der Waals surface area contributed by atoms with Crippen LogP contribution in [0.5, 0.6) is 0 Å². The topological polar surface area (TPSA) is 138 Å². The van der Waals surface area contributed by atoms with Crippen molar-refractivity contribution in [1.82, 2.24) is 0 Å². The molecule has 7 heteroatoms. The van der Waals surface area contributed by atoms with E-state index >= 15 is 0 Å². The van der Waals surface area contributed by atoms with E-state index in [0.717, 1.165) is 0 Å². The molecule has 0 spiro atoms. The van der Waals surface area contributed by atoms with Crippen LogP contribution in [0.4, 0.5) is 0 Å². The average molecular weight is 482 g/mol. The van der Waals surface area contributed by atoms with Gasteiger partial charge in [-0.1, -0.05) is 13.8 Å². The monoisotopic (exact) mass is 481 g/mol. The number of aliphatic hydroxyl groups is 6. The molecule has 7 nitrogen and oxygen atoms in total. The van der Waals surface area contributed by atoms with Crippen LogP contribution in [0, 0.1) is 28.6 Å². The first-order valence-electron chi connectivity index (χ1n) is 13.3. The van der Waals surface area contributed by atoms with Crippen LogP contribution in [-0.2, 0) is 4.79 Å². The summed E-state index contributed by atoms with van der Waals surface area (Å²) < 4.78 is 9.07. The van der Waals surface area contributed by atoms with E-state index in [9.17, 15) is 35.4 Å². The predicted octanol–water partition coefficient (Wildman–Crippen LogP) is 1.85. The summed E-state index contributed by atoms with van der Waals surface area (Å²) in [5, 5.41) is 66.2. The van der Waals surface area contributed by atoms with Crippen molar-refractivity contribution in [3.05, 3.63) is 11.6 Å². The van der Waals surface area contributed by atoms with Gasteiger partial charge in [0.05, 0.1) is 35.1 Å². The summed E-state index contributed by atoms with van der Waals surface area (Å²) in [6.07, 6.45) is 0.651. The van der Waals surface area contributed by atoms with E-state index in [0.29, 0.717) is 37.7 Å². The van der Waals surface area contributed by atoms with Gasteiger partial charge in [0.1, 0.15) is 0 Å². The van der Waals surface area contributed by atoms with Crippen LogP contribution in [0.1, 0.15) is 87.4 Å². The minimum absolute atomic E-state index is 0.0416. The second kappa shape index (κ2) is 8.09. The molecule has 4 aliphatic carbocycles. The number of fused-ring (bicyclic) bond motifs is 5. The minimum atomic E-state index is -1.67. The number of rotatable bonds is 5. The van der Waals surface area contributed by atoms with E-state index in [-0.39, 0.29) is 19.3 Å². The van der Waals surface area contributed by atoms with E-state index in [1.807, 2.05) is 6.92 Å². The van der Waals surface area contributed by atoms with Crippen molar-refractivity contribution in [2.75, 3.05) is 0 Å². The van der Waals surface area contributed by atoms with Gasteiger partial charge in [-0.25, -0.2) is 0 Å². The van der Waals surface area contributed by atoms with Crippen LogP contribution < -0.4 is 0 Å². The Labute approximate surface area is 204 Å². The third kappa shape index (κ3) is 3.65. The average Bonchev–Trinajstić information content (AvgIpc) is 3.01. The first-order valence-corrected chi connectivity index (χ1v) is 12.8. The van der Waals surface area contributed by atoms with Crippen LogP contribution in [0.2, 0.25) is 0 Å². The molecule has 0 unspecified atom stereocenters. The van der Waals surface area contributed by atoms with Crippen molar-refractivity contribution in [2.24, 2.45) is 28.6 Å². The van der Waals surface area contributed by atoms with Crippen LogP contribution in [0.15, 0.2) is 11.6 Å². The van der Waals surface area contributed by atoms with Gasteiger partial charge in [-0.2, -0.15) is 0 Å². The lowest BCUT2D eigenvalue weighted by molar-refractivity contribution is -0.183. The Morgan fingerprint density at radius 2 is 1.79 bits per heavy atom. The first-order chi connectivity index (χ1) is 15.8. The first kappa shape index (κ1) is 24.8. The number of carbonyl (C=O) groups excluding carboxylic acids is 1. The number of aliphatic hydroxyl groups excluding tert-OH is 3. The lowest BCUT2D eigenvalue weighted by atomic mass is 9.45. The highest BCUT2D eigenvalue weighted by molar-refractivity contribution is 5.95. The van der Waals surface area contributed by atoms with Gasteiger partial charge in [-0.3, -0.25) is 4.79 Å². The summed E-state index contributed by atoms with van der Waals surface area (Å²) in [6.45, 7) is 8.57. The standard InChI is InChI=1S/C27H44O7/c1-23(2,32)9-8-21(30)26(5,33)20-7-11-27(34)17-14-19(29)18-12-15(28)13-22(31)25(18,4)16(17)6-10-24(20,27)3/h14-16,18,20-22,28,30-34H,6-13H2,1-5H3/t15-,16+,18-,20+,21-,22-,24-,25-,26-,27-/m1/s1/i18D. The number of hydrogen-bond donors (Lipinski definition) is 6. The molecule has 34 heavy (non-hydrogen) atoms. The summed E-state index contributed by atoms with van der Waals surface area (Å²) >= 11 is 0. The van der Waals surface area contributed by atoms with Crippen molar-refractivity contribution >= 4 is 5.78 Å². The maximum Gasteiger partial charge on any atom is 0.159 e. The Morgan fingerprint density at radius 1 is 1.15 bits per heavy atom. The Bertz CT molecular complexity index is 912. The number of carbonyl (C=O) groups is 1. The lowest BCUT2D eigenvalue weighted by Gasteiger charge is -2.61. The number of allylic oxidation sites excluding steroid dienone is 1. The molecule has 0 aromatic heterocycles. The van der Waals surface area contributed by atoms with Gasteiger partial charge >= 0.3 is 0 Å². The van der Waals surface area contributed by atoms with Gasteiger partial charge in [-0.05, 0) is 95.6 Å². The van der Waals surface area contributed by atoms with E-state index in [1.165, 1.54) is 6.08 Å². The molecule has 0 aromatic rings. The van der Waals surface area contributed by atoms with Gasteiger partial charge in [0.2, 0.25) is 0 Å². The molecule has 4 aliphatic rings. The predicted molar refractivity (Wildman–Crippen MR) is 127 cm³/mol. The maximum atomic E-state index is 13.4. The second-order valence-electron chi connectivity index (χ2n) is 12.9. The van der Waals surface area contributed by atoms with Gasteiger partial charge in [0, 0.05) is 18.1 Å². The zero-order valence-electron chi connectivity index (χ0n) is 22.2. The van der Waals surface area contributed by atoms with E-state index < -0.39 is 69.5 Å². The second-order valence-corrected chi connectivity index (χ2v) is 12.9. The molecule has 194 valence electrons. The highest BCUT2D eigenvalue weighted by Crippen LogP contribution is 2.68. The highest BCUT2D eigenvalue weighted by atomic mass is 16.3. The Balaban J connectivity index is 1.71. The minimum Gasteiger partial charge on any atom is -0.393 e. The zero-order valence-corrected chi connectivity index (χ0v) is 21.2. The smallest absolute Gasteiger partial charge is 0.159 e. The molecule has 6 N–H and O–H groups in total. The molecule has 3 saturated carbocycles. The molecule has 10 atom stereocenters. The van der Waals surface area contributed by atoms with Gasteiger partial charge in [0.15, 0.2) is 5.78 Å². The van der Waals surface area contributed by atoms with Crippen molar-refractivity contribution in [1.29, 1.82) is 0 Å². The fourth-order valence-corrected chi connectivity index (χ4v) is 8.06. The molecule has 0 aliphatic heterocycles. The molecule has 0 saturated heterocycles. The van der Waals surface area contributed by atoms with Crippen LogP contribution >= 0.6 is 0 Å². The number of ketones is 1. The Hall–Kier alpha value is -0.830. The zero-order chi connectivity index (χ0) is 26.4. The molecule has 4 rings (SSSR count). The molecule has 0 bridgehead atoms. The molecular formula is C27H44O7. The molecule has 3 fully saturated rings. The molecule has 0 radical (unpaired) electrons. The van der Waals surface area contributed by atoms with Crippen LogP contribution in [0.3, 0.4) is 0 Å². The summed E-state index contributed by atoms with van der Waals surface area (Å²) in [5.74, 6) is -3.02. The van der Waals surface area contributed by atoms with Crippen LogP contribution in [0.25, 0.3) is 0 Å². The van der Waals surface area contributed by atoms with Crippen molar-refractivity contribution in [2.45, 2.75) is 121 Å². The summed E-state index contributed by atoms with van der Waals surface area (Å²) in [4.78, 5) is 13.4. The van der Waals surface area contributed by atoms with Crippen molar-refractivity contribution < 1.29 is 36.8 Å². The SMILES string of the molecule is [2H][C@]12C[C@@H](O)C[C@@H](O)[C@]1(C)[C@H]1CC[C@]3(C)[C@@H]([C@@](C)(O)[C@H](O)CCC(C)(C)O)CC[C@@]3(O)C1=CC2=O. The molecular weight excluding hydrogens is 436 g/mol. The van der Waals surface area contributed by atoms with Gasteiger partial charge in [-0.15, -0.1) is 0 Å². The third-order valence-electron chi connectivity index (χ3n) is 10.3. The van der Waals surface area contributed by atoms with Crippen LogP contribution in [-0.4, -0.2) is 71.5 Å². The van der Waals surface area contributed by atoms with Crippen molar-refractivity contribution in [3.8, 4) is 0 Å². The molecule has 0 aromatic carbocycles. The Morgan fingerprint density at radius 3 is 2.41 bits per heavy atom. The summed E-state index contributed by atoms with van der Waals surface area (Å²) in [5.41, 5.74) is -5.36. The summed E-state index contributed by atoms with van der Waals surface area (Å²) in [6, 6.07) is 0. The molecule has 0 heterocycles. The Kier molecular flexibility index (Phi) is 5.91. The quantitative estimate of drug-likeness (QED) is 0.352. The normalized spacial score (nSPS) is 49.8. The van der Waals surface area contributed by atoms with Crippen molar-refractivity contribution in [3.63, 3.8) is 0 Å². The molecule has 0 amide bonds. The van der Waals surface area contributed by atoms with Gasteiger partial charge < -0.3 is 30.6 Å². The van der Waals surface area contributed by atoms with Gasteiger partial charge in [0.25, 0.3) is 0 Å². The summed E-state index contributed by atoms with van der Waals surface area (Å²) in [7, 11) is 0. The largest absolute Gasteiger partial charge is 0.393 e.